The van der Waals surface area contributed by atoms with E-state index in [1.165, 1.54) is 18.2 Å². The highest BCUT2D eigenvalue weighted by molar-refractivity contribution is 6.33. The lowest BCUT2D eigenvalue weighted by atomic mass is 10.0. The normalized spacial score (nSPS) is 14.4. The number of halogens is 2. The van der Waals surface area contributed by atoms with E-state index in [1.54, 1.807) is 6.92 Å². The van der Waals surface area contributed by atoms with Gasteiger partial charge in [0.15, 0.2) is 0 Å². The van der Waals surface area contributed by atoms with E-state index in [-0.39, 0.29) is 16.8 Å². The summed E-state index contributed by atoms with van der Waals surface area (Å²) in [4.78, 5) is 4.20. The molecular formula is C13H14ClFN2O2. The fraction of sp³-hybridized carbons (Fsp3) is 0.385. The van der Waals surface area contributed by atoms with Crippen LogP contribution in [0.15, 0.2) is 22.7 Å². The molecule has 4 nitrogen and oxygen atoms in total. The minimum Gasteiger partial charge on any atom is -0.392 e. The topological polar surface area (TPSA) is 59.2 Å². The Kier molecular flexibility index (Phi) is 4.17. The summed E-state index contributed by atoms with van der Waals surface area (Å²) in [6.45, 7) is 3.67. The molecule has 2 atom stereocenters. The Balaban J connectivity index is 2.30. The van der Waals surface area contributed by atoms with Crippen molar-refractivity contribution < 1.29 is 14.0 Å². The Morgan fingerprint density at radius 2 is 2.21 bits per heavy atom. The first kappa shape index (κ1) is 14.0. The lowest BCUT2D eigenvalue weighted by molar-refractivity contribution is 0.129. The molecule has 0 amide bonds. The van der Waals surface area contributed by atoms with Gasteiger partial charge in [0.2, 0.25) is 11.7 Å². The van der Waals surface area contributed by atoms with Gasteiger partial charge in [-0.1, -0.05) is 30.6 Å². The number of rotatable bonds is 4. The zero-order valence-corrected chi connectivity index (χ0v) is 11.4. The molecule has 0 spiro atoms. The van der Waals surface area contributed by atoms with Crippen LogP contribution in [0.4, 0.5) is 4.39 Å². The van der Waals surface area contributed by atoms with Gasteiger partial charge in [0.05, 0.1) is 17.0 Å². The molecule has 0 bridgehead atoms. The molecule has 0 radical (unpaired) electrons. The number of aliphatic hydroxyl groups is 1. The number of aromatic nitrogens is 2. The Hall–Kier alpha value is -1.46. The van der Waals surface area contributed by atoms with E-state index in [2.05, 4.69) is 10.1 Å². The van der Waals surface area contributed by atoms with Crippen LogP contribution in [-0.2, 0) is 0 Å². The molecule has 0 aliphatic rings. The van der Waals surface area contributed by atoms with Gasteiger partial charge in [-0.3, -0.25) is 0 Å². The van der Waals surface area contributed by atoms with Gasteiger partial charge in [-0.2, -0.15) is 4.98 Å². The highest BCUT2D eigenvalue weighted by atomic mass is 35.5. The minimum absolute atomic E-state index is 0.219. The van der Waals surface area contributed by atoms with Crippen molar-refractivity contribution in [1.82, 2.24) is 10.1 Å². The van der Waals surface area contributed by atoms with Crippen LogP contribution < -0.4 is 0 Å². The molecule has 6 heteroatoms. The minimum atomic E-state index is -0.544. The van der Waals surface area contributed by atoms with Gasteiger partial charge in [0.1, 0.15) is 5.82 Å². The van der Waals surface area contributed by atoms with Crippen LogP contribution in [0.25, 0.3) is 11.4 Å². The standard InChI is InChI=1S/C13H14ClFN2O2/c1-3-11(18)7(2)13-16-12(17-19-13)9-5-4-8(15)6-10(9)14/h4-7,11,18H,3H2,1-2H3. The summed E-state index contributed by atoms with van der Waals surface area (Å²) in [5, 5.41) is 13.8. The molecule has 1 N–H and O–H groups in total. The zero-order chi connectivity index (χ0) is 14.0. The second kappa shape index (κ2) is 5.67. The average molecular weight is 285 g/mol. The fourth-order valence-corrected chi connectivity index (χ4v) is 1.97. The molecule has 19 heavy (non-hydrogen) atoms. The van der Waals surface area contributed by atoms with Gasteiger partial charge in [-0.25, -0.2) is 4.39 Å². The second-order valence-corrected chi connectivity index (χ2v) is 4.75. The van der Waals surface area contributed by atoms with Gasteiger partial charge in [0, 0.05) is 5.56 Å². The average Bonchev–Trinajstić information content (AvgIpc) is 2.86. The molecule has 2 rings (SSSR count). The third-order valence-corrected chi connectivity index (χ3v) is 3.31. The SMILES string of the molecule is CCC(O)C(C)c1nc(-c2ccc(F)cc2Cl)no1. The first-order valence-electron chi connectivity index (χ1n) is 6.00. The third kappa shape index (κ3) is 2.93. The predicted octanol–water partition coefficient (Wildman–Crippen LogP) is 3.40. The van der Waals surface area contributed by atoms with E-state index < -0.39 is 11.9 Å². The van der Waals surface area contributed by atoms with E-state index >= 15 is 0 Å². The van der Waals surface area contributed by atoms with E-state index in [0.717, 1.165) is 0 Å². The summed E-state index contributed by atoms with van der Waals surface area (Å²) in [5.74, 6) is -0.0578. The van der Waals surface area contributed by atoms with Crippen LogP contribution in [0.1, 0.15) is 32.1 Å². The lowest BCUT2D eigenvalue weighted by Gasteiger charge is -2.11. The summed E-state index contributed by atoms with van der Waals surface area (Å²) < 4.78 is 18.1. The molecule has 0 saturated carbocycles. The largest absolute Gasteiger partial charge is 0.392 e. The maximum atomic E-state index is 13.0. The highest BCUT2D eigenvalue weighted by Gasteiger charge is 2.22. The monoisotopic (exact) mass is 284 g/mol. The molecule has 0 saturated heterocycles. The Morgan fingerprint density at radius 1 is 1.47 bits per heavy atom. The molecule has 1 aromatic carbocycles. The predicted molar refractivity (Wildman–Crippen MR) is 69.4 cm³/mol. The summed E-state index contributed by atoms with van der Waals surface area (Å²) in [6, 6.07) is 3.96. The van der Waals surface area contributed by atoms with Crippen LogP contribution in [0.3, 0.4) is 0 Å². The Labute approximate surface area is 115 Å². The number of benzene rings is 1. The zero-order valence-electron chi connectivity index (χ0n) is 10.6. The number of aliphatic hydroxyl groups excluding tert-OH is 1. The van der Waals surface area contributed by atoms with Crippen LogP contribution >= 0.6 is 11.6 Å². The summed E-state index contributed by atoms with van der Waals surface area (Å²) >= 11 is 5.93. The summed E-state index contributed by atoms with van der Waals surface area (Å²) in [5.41, 5.74) is 0.497. The molecule has 1 aromatic heterocycles. The van der Waals surface area contributed by atoms with Crippen LogP contribution in [0.5, 0.6) is 0 Å². The van der Waals surface area contributed by atoms with Crippen molar-refractivity contribution in [3.63, 3.8) is 0 Å². The van der Waals surface area contributed by atoms with E-state index in [4.69, 9.17) is 16.1 Å². The van der Waals surface area contributed by atoms with Crippen molar-refractivity contribution in [2.24, 2.45) is 0 Å². The number of hydrogen-bond donors (Lipinski definition) is 1. The van der Waals surface area contributed by atoms with E-state index in [9.17, 15) is 9.50 Å². The summed E-state index contributed by atoms with van der Waals surface area (Å²) in [6.07, 6.45) is 0.0490. The van der Waals surface area contributed by atoms with Crippen LogP contribution in [0.2, 0.25) is 5.02 Å². The highest BCUT2D eigenvalue weighted by Crippen LogP contribution is 2.28. The molecule has 102 valence electrons. The third-order valence-electron chi connectivity index (χ3n) is 3.00. The molecule has 0 fully saturated rings. The molecule has 0 aliphatic carbocycles. The van der Waals surface area contributed by atoms with Crippen molar-refractivity contribution >= 4 is 11.6 Å². The molecule has 0 aliphatic heterocycles. The van der Waals surface area contributed by atoms with Crippen molar-refractivity contribution in [2.75, 3.05) is 0 Å². The quantitative estimate of drug-likeness (QED) is 0.935. The van der Waals surface area contributed by atoms with Gasteiger partial charge < -0.3 is 9.63 Å². The Morgan fingerprint density at radius 3 is 2.84 bits per heavy atom. The van der Waals surface area contributed by atoms with E-state index in [0.29, 0.717) is 17.9 Å². The van der Waals surface area contributed by atoms with E-state index in [1.807, 2.05) is 6.92 Å². The maximum absolute atomic E-state index is 13.0. The van der Waals surface area contributed by atoms with Gasteiger partial charge in [-0.15, -0.1) is 0 Å². The van der Waals surface area contributed by atoms with Crippen molar-refractivity contribution in [1.29, 1.82) is 0 Å². The van der Waals surface area contributed by atoms with Gasteiger partial charge in [-0.05, 0) is 24.6 Å². The lowest BCUT2D eigenvalue weighted by Crippen LogP contribution is -2.14. The fourth-order valence-electron chi connectivity index (χ4n) is 1.72. The van der Waals surface area contributed by atoms with Crippen molar-refractivity contribution in [2.45, 2.75) is 32.3 Å². The Bertz CT molecular complexity index is 574. The van der Waals surface area contributed by atoms with Crippen LogP contribution in [-0.4, -0.2) is 21.4 Å². The molecular weight excluding hydrogens is 271 g/mol. The molecule has 2 aromatic rings. The number of hydrogen-bond acceptors (Lipinski definition) is 4. The first-order chi connectivity index (χ1) is 9.02. The molecule has 2 unspecified atom stereocenters. The van der Waals surface area contributed by atoms with Gasteiger partial charge >= 0.3 is 0 Å². The number of nitrogens with zero attached hydrogens (tertiary/aromatic N) is 2. The van der Waals surface area contributed by atoms with Crippen molar-refractivity contribution in [3.05, 3.63) is 34.9 Å². The molecule has 1 heterocycles. The first-order valence-corrected chi connectivity index (χ1v) is 6.37. The second-order valence-electron chi connectivity index (χ2n) is 4.34. The maximum Gasteiger partial charge on any atom is 0.232 e. The smallest absolute Gasteiger partial charge is 0.232 e. The van der Waals surface area contributed by atoms with Crippen molar-refractivity contribution in [3.8, 4) is 11.4 Å². The summed E-state index contributed by atoms with van der Waals surface area (Å²) in [7, 11) is 0. The van der Waals surface area contributed by atoms with Gasteiger partial charge in [0.25, 0.3) is 0 Å². The van der Waals surface area contributed by atoms with Crippen LogP contribution in [0, 0.1) is 5.82 Å².